The topological polar surface area (TPSA) is 182 Å². The lowest BCUT2D eigenvalue weighted by molar-refractivity contribution is 0.00578. The van der Waals surface area contributed by atoms with Crippen LogP contribution in [0.4, 0.5) is 0 Å². The highest BCUT2D eigenvalue weighted by Gasteiger charge is 2.51. The Balaban J connectivity index is 0.000000132. The number of fused-ring (bicyclic) bond motifs is 6. The van der Waals surface area contributed by atoms with Crippen LogP contribution in [-0.4, -0.2) is 58.2 Å². The third kappa shape index (κ3) is 13.6. The van der Waals surface area contributed by atoms with Gasteiger partial charge in [-0.3, -0.25) is 19.6 Å². The van der Waals surface area contributed by atoms with Crippen LogP contribution in [0.5, 0.6) is 0 Å². The number of halogens is 1. The van der Waals surface area contributed by atoms with Crippen LogP contribution < -0.4 is 16.3 Å². The SMILES string of the molecule is CC1(C)OB(c2cccc(-c3cccc(-c4nc(-c5ccccc5)nc(-c5cccc6cccnc56)n4)c3)c2)OC1(C)C.O=c1c2ccccc2oc2cc(-c3cccc(-c4cccc(-c5nc(-c6ccccc6)nc(-c6cccc7cccnc67)n5)c4)c3)ccc12.O=c1c2ccccc2oc2cc(Br)ccc12. The highest BCUT2D eigenvalue weighted by atomic mass is 79.9. The first-order valence-corrected chi connectivity index (χ1v) is 36.2. The summed E-state index contributed by atoms with van der Waals surface area (Å²) in [6.07, 6.45) is 3.59. The van der Waals surface area contributed by atoms with Crippen LogP contribution in [0.15, 0.2) is 339 Å². The minimum Gasteiger partial charge on any atom is -0.456 e. The van der Waals surface area contributed by atoms with Gasteiger partial charge in [0.25, 0.3) is 0 Å². The molecule has 0 saturated carbocycles. The fourth-order valence-electron chi connectivity index (χ4n) is 13.4. The molecule has 18 aromatic rings. The maximum absolute atomic E-state index is 13.1. The van der Waals surface area contributed by atoms with E-state index < -0.39 is 18.3 Å². The molecule has 1 saturated heterocycles. The fourth-order valence-corrected chi connectivity index (χ4v) is 13.7. The van der Waals surface area contributed by atoms with Gasteiger partial charge in [0.15, 0.2) is 34.9 Å². The Morgan fingerprint density at radius 3 is 1.14 bits per heavy atom. The van der Waals surface area contributed by atoms with Gasteiger partial charge in [0.2, 0.25) is 10.9 Å². The van der Waals surface area contributed by atoms with Crippen LogP contribution in [0.3, 0.4) is 0 Å². The van der Waals surface area contributed by atoms with Gasteiger partial charge in [-0.05, 0) is 164 Å². The molecule has 0 spiro atoms. The first-order valence-electron chi connectivity index (χ1n) is 35.4. The Morgan fingerprint density at radius 1 is 0.296 bits per heavy atom. The molecule has 16 heteroatoms. The number of nitrogens with zero attached hydrogens (tertiary/aromatic N) is 8. The molecule has 1 fully saturated rings. The zero-order valence-corrected chi connectivity index (χ0v) is 60.6. The molecule has 0 N–H and O–H groups in total. The van der Waals surface area contributed by atoms with Crippen LogP contribution in [0, 0.1) is 0 Å². The van der Waals surface area contributed by atoms with Crippen molar-refractivity contribution < 1.29 is 18.1 Å². The van der Waals surface area contributed by atoms with E-state index in [0.717, 1.165) is 98.5 Å². The van der Waals surface area contributed by atoms with Crippen molar-refractivity contribution in [1.82, 2.24) is 39.9 Å². The van der Waals surface area contributed by atoms with Gasteiger partial charge in [-0.25, -0.2) is 29.9 Å². The van der Waals surface area contributed by atoms with E-state index in [2.05, 4.69) is 114 Å². The number of aromatic nitrogens is 8. The summed E-state index contributed by atoms with van der Waals surface area (Å²) in [6.45, 7) is 8.28. The van der Waals surface area contributed by atoms with Crippen molar-refractivity contribution in [3.8, 4) is 102 Å². The standard InChI is InChI=1S/C43H26N4O2.C36H31BN4O2.C13H7BrO2/c48-40-34-18-4-5-20-37(34)49-38-26-32(21-22-35(38)40)30-14-6-13-29(24-30)31-15-7-16-33(25-31)42-45-41(28-10-2-1-3-11-28)46-43(47-42)36-19-8-12-27-17-9-23-44-39(27)36;1-35(2)36(3,4)43-37(42-35)29-19-9-16-27(23-29)26-15-8-17-28(22-26)33-39-32(25-12-6-5-7-13-25)40-34(41-33)30-20-10-14-24-18-11-21-38-31(24)30;14-8-5-6-10-12(7-8)16-11-4-2-1-3-9(11)13(10)15/h1-26H;5-23H,1-4H3;1-7H. The molecule has 7 heterocycles. The molecular weight excluding hydrogens is 1400 g/mol. The third-order valence-electron chi connectivity index (χ3n) is 19.7. The summed E-state index contributed by atoms with van der Waals surface area (Å²) >= 11 is 3.36. The maximum Gasteiger partial charge on any atom is 0.494 e. The second-order valence-electron chi connectivity index (χ2n) is 27.3. The van der Waals surface area contributed by atoms with Crippen molar-refractivity contribution in [1.29, 1.82) is 0 Å². The van der Waals surface area contributed by atoms with Crippen molar-refractivity contribution in [3.63, 3.8) is 0 Å². The molecule has 518 valence electrons. The second-order valence-corrected chi connectivity index (χ2v) is 28.2. The van der Waals surface area contributed by atoms with Gasteiger partial charge < -0.3 is 18.1 Å². The Morgan fingerprint density at radius 2 is 0.648 bits per heavy atom. The molecule has 14 nitrogen and oxygen atoms in total. The predicted octanol–water partition coefficient (Wildman–Crippen LogP) is 21.1. The van der Waals surface area contributed by atoms with Crippen LogP contribution in [0.1, 0.15) is 27.7 Å². The van der Waals surface area contributed by atoms with Gasteiger partial charge in [0.1, 0.15) is 22.3 Å². The average molecular weight is 1470 g/mol. The molecule has 0 amide bonds. The molecule has 0 unspecified atom stereocenters. The molecule has 6 aromatic heterocycles. The fraction of sp³-hybridized carbons (Fsp3) is 0.0652. The number of benzene rings is 12. The van der Waals surface area contributed by atoms with Crippen LogP contribution in [-0.2, 0) is 9.31 Å². The first-order chi connectivity index (χ1) is 52.7. The van der Waals surface area contributed by atoms with Crippen molar-refractivity contribution in [2.24, 2.45) is 0 Å². The Kier molecular flexibility index (Phi) is 18.1. The van der Waals surface area contributed by atoms with Gasteiger partial charge in [0.05, 0.1) is 43.8 Å². The molecule has 108 heavy (non-hydrogen) atoms. The number of hydrogen-bond acceptors (Lipinski definition) is 14. The van der Waals surface area contributed by atoms with E-state index in [1.54, 1.807) is 36.7 Å². The summed E-state index contributed by atoms with van der Waals surface area (Å²) in [5, 5.41) is 4.44. The monoisotopic (exact) mass is 1470 g/mol. The Bertz CT molecular complexity index is 6610. The lowest BCUT2D eigenvalue weighted by atomic mass is 9.78. The number of pyridine rings is 2. The molecule has 0 atom stereocenters. The van der Waals surface area contributed by atoms with Crippen LogP contribution >= 0.6 is 15.9 Å². The summed E-state index contributed by atoms with van der Waals surface area (Å²) in [7, 11) is -0.429. The molecule has 1 aliphatic heterocycles. The van der Waals surface area contributed by atoms with Crippen molar-refractivity contribution in [3.05, 3.63) is 341 Å². The predicted molar refractivity (Wildman–Crippen MR) is 436 cm³/mol. The minimum absolute atomic E-state index is 0.0179. The van der Waals surface area contributed by atoms with E-state index >= 15 is 0 Å². The normalized spacial score (nSPS) is 13.0. The van der Waals surface area contributed by atoms with Gasteiger partial charge in [-0.2, -0.15) is 0 Å². The summed E-state index contributed by atoms with van der Waals surface area (Å²) in [5.74, 6) is 3.53. The van der Waals surface area contributed by atoms with E-state index in [1.165, 1.54) is 0 Å². The highest BCUT2D eigenvalue weighted by molar-refractivity contribution is 9.10. The second kappa shape index (κ2) is 28.7. The highest BCUT2D eigenvalue weighted by Crippen LogP contribution is 2.39. The molecule has 19 rings (SSSR count). The van der Waals surface area contributed by atoms with Crippen LogP contribution in [0.25, 0.3) is 167 Å². The minimum atomic E-state index is -0.429. The smallest absolute Gasteiger partial charge is 0.456 e. The molecule has 1 aliphatic rings. The van der Waals surface area contributed by atoms with Gasteiger partial charge >= 0.3 is 7.12 Å². The van der Waals surface area contributed by atoms with E-state index in [0.29, 0.717) is 78.8 Å². The average Bonchev–Trinajstić information content (AvgIpc) is 1.13. The quantitative estimate of drug-likeness (QED) is 0.0931. The summed E-state index contributed by atoms with van der Waals surface area (Å²) < 4.78 is 25.4. The molecule has 0 aliphatic carbocycles. The van der Waals surface area contributed by atoms with Crippen LogP contribution in [0.2, 0.25) is 0 Å². The molecule has 0 bridgehead atoms. The van der Waals surface area contributed by atoms with Gasteiger partial charge in [-0.15, -0.1) is 0 Å². The first kappa shape index (κ1) is 68.0. The summed E-state index contributed by atoms with van der Waals surface area (Å²) in [4.78, 5) is 64.3. The Labute approximate surface area is 629 Å². The lowest BCUT2D eigenvalue weighted by Crippen LogP contribution is -2.41. The molecule has 0 radical (unpaired) electrons. The van der Waals surface area contributed by atoms with Gasteiger partial charge in [-0.1, -0.05) is 222 Å². The van der Waals surface area contributed by atoms with Crippen molar-refractivity contribution in [2.75, 3.05) is 0 Å². The third-order valence-corrected chi connectivity index (χ3v) is 20.2. The summed E-state index contributed by atoms with van der Waals surface area (Å²) in [6, 6.07) is 99.1. The van der Waals surface area contributed by atoms with Crippen molar-refractivity contribution in [2.45, 2.75) is 38.9 Å². The zero-order valence-electron chi connectivity index (χ0n) is 59.0. The van der Waals surface area contributed by atoms with E-state index in [-0.39, 0.29) is 10.9 Å². The van der Waals surface area contributed by atoms with Gasteiger partial charge in [0, 0.05) is 61.0 Å². The number of rotatable bonds is 10. The number of hydrogen-bond donors (Lipinski definition) is 0. The van der Waals surface area contributed by atoms with E-state index in [1.807, 2.05) is 218 Å². The van der Waals surface area contributed by atoms with E-state index in [9.17, 15) is 9.59 Å². The molecular formula is C92H64BBrN8O6. The zero-order chi connectivity index (χ0) is 73.5. The molecule has 12 aromatic carbocycles. The largest absolute Gasteiger partial charge is 0.494 e. The Hall–Kier alpha value is -13.1. The number of para-hydroxylation sites is 4. The van der Waals surface area contributed by atoms with Crippen molar-refractivity contribution >= 4 is 94.2 Å². The maximum atomic E-state index is 13.1. The lowest BCUT2D eigenvalue weighted by Gasteiger charge is -2.32. The summed E-state index contributed by atoms with van der Waals surface area (Å²) in [5.41, 5.74) is 15.7. The van der Waals surface area contributed by atoms with E-state index in [4.69, 9.17) is 48.0 Å².